The third kappa shape index (κ3) is 2.55. The molecule has 0 radical (unpaired) electrons. The molecule has 0 aromatic heterocycles. The van der Waals surface area contributed by atoms with Crippen molar-refractivity contribution in [3.8, 4) is 0 Å². The molecule has 2 aliphatic heterocycles. The van der Waals surface area contributed by atoms with E-state index in [9.17, 15) is 19.5 Å². The average molecular weight is 299 g/mol. The van der Waals surface area contributed by atoms with E-state index < -0.39 is 29.0 Å². The van der Waals surface area contributed by atoms with Gasteiger partial charge in [-0.25, -0.2) is 4.79 Å². The van der Waals surface area contributed by atoms with Gasteiger partial charge in [0.2, 0.25) is 5.91 Å². The molecule has 2 saturated heterocycles. The maximum Gasteiger partial charge on any atom is 0.318 e. The van der Waals surface area contributed by atoms with Crippen LogP contribution in [0.25, 0.3) is 0 Å². The van der Waals surface area contributed by atoms with Crippen LogP contribution in [0.3, 0.4) is 0 Å². The molecule has 2 atom stereocenters. The SMILES string of the molecule is CC1(C(=O)O)COCC1NC(=O)N1CCNC(=O)C1(C)C. The van der Waals surface area contributed by atoms with E-state index in [1.165, 1.54) is 4.90 Å². The fraction of sp³-hybridized carbons (Fsp3) is 0.769. The molecule has 0 bridgehead atoms. The van der Waals surface area contributed by atoms with E-state index in [0.717, 1.165) is 0 Å². The Morgan fingerprint density at radius 3 is 2.71 bits per heavy atom. The minimum atomic E-state index is -1.15. The first-order chi connectivity index (χ1) is 9.69. The summed E-state index contributed by atoms with van der Waals surface area (Å²) in [6.45, 7) is 5.81. The van der Waals surface area contributed by atoms with Crippen LogP contribution in [-0.4, -0.2) is 65.8 Å². The predicted molar refractivity (Wildman–Crippen MR) is 72.7 cm³/mol. The molecule has 2 heterocycles. The lowest BCUT2D eigenvalue weighted by Crippen LogP contribution is -2.66. The molecule has 0 aromatic rings. The van der Waals surface area contributed by atoms with Crippen LogP contribution in [0.15, 0.2) is 0 Å². The van der Waals surface area contributed by atoms with Gasteiger partial charge >= 0.3 is 12.0 Å². The number of carboxylic acids is 1. The summed E-state index contributed by atoms with van der Waals surface area (Å²) >= 11 is 0. The molecule has 3 N–H and O–H groups in total. The molecule has 118 valence electrons. The molecule has 8 heteroatoms. The van der Waals surface area contributed by atoms with Gasteiger partial charge in [-0.1, -0.05) is 0 Å². The minimum Gasteiger partial charge on any atom is -0.481 e. The van der Waals surface area contributed by atoms with Crippen molar-refractivity contribution in [2.24, 2.45) is 5.41 Å². The van der Waals surface area contributed by atoms with Crippen molar-refractivity contribution in [3.05, 3.63) is 0 Å². The zero-order valence-corrected chi connectivity index (χ0v) is 12.4. The third-order valence-electron chi connectivity index (χ3n) is 4.34. The molecule has 0 aliphatic carbocycles. The number of aliphatic carboxylic acids is 1. The molecular formula is C13H21N3O5. The van der Waals surface area contributed by atoms with Crippen molar-refractivity contribution in [3.63, 3.8) is 0 Å². The monoisotopic (exact) mass is 299 g/mol. The zero-order valence-electron chi connectivity index (χ0n) is 12.4. The molecule has 3 amide bonds. The Bertz CT molecular complexity index is 478. The zero-order chi connectivity index (χ0) is 15.8. The number of urea groups is 1. The van der Waals surface area contributed by atoms with E-state index in [4.69, 9.17) is 4.74 Å². The number of hydrogen-bond acceptors (Lipinski definition) is 4. The summed E-state index contributed by atoms with van der Waals surface area (Å²) in [6.07, 6.45) is 0. The molecule has 2 rings (SSSR count). The number of hydrogen-bond donors (Lipinski definition) is 3. The molecular weight excluding hydrogens is 278 g/mol. The molecule has 0 aromatic carbocycles. The van der Waals surface area contributed by atoms with E-state index >= 15 is 0 Å². The number of carbonyl (C=O) groups is 3. The average Bonchev–Trinajstić information content (AvgIpc) is 2.75. The lowest BCUT2D eigenvalue weighted by Gasteiger charge is -2.42. The first kappa shape index (κ1) is 15.6. The van der Waals surface area contributed by atoms with Crippen LogP contribution in [0, 0.1) is 5.41 Å². The number of carbonyl (C=O) groups excluding carboxylic acids is 2. The van der Waals surface area contributed by atoms with E-state index in [0.29, 0.717) is 13.1 Å². The maximum atomic E-state index is 12.4. The third-order valence-corrected chi connectivity index (χ3v) is 4.34. The topological polar surface area (TPSA) is 108 Å². The van der Waals surface area contributed by atoms with Gasteiger partial charge in [0, 0.05) is 13.1 Å². The van der Waals surface area contributed by atoms with Crippen molar-refractivity contribution in [2.75, 3.05) is 26.3 Å². The number of nitrogens with one attached hydrogen (secondary N) is 2. The van der Waals surface area contributed by atoms with Crippen molar-refractivity contribution in [1.29, 1.82) is 0 Å². The Morgan fingerprint density at radius 2 is 2.10 bits per heavy atom. The second-order valence-electron chi connectivity index (χ2n) is 6.21. The highest BCUT2D eigenvalue weighted by Crippen LogP contribution is 2.29. The predicted octanol–water partition coefficient (Wildman–Crippen LogP) is -0.604. The highest BCUT2D eigenvalue weighted by Gasteiger charge is 2.49. The number of carboxylic acid groups (broad SMARTS) is 1. The van der Waals surface area contributed by atoms with Crippen LogP contribution < -0.4 is 10.6 Å². The first-order valence-electron chi connectivity index (χ1n) is 6.87. The fourth-order valence-corrected chi connectivity index (χ4v) is 2.57. The van der Waals surface area contributed by atoms with Crippen LogP contribution in [0.5, 0.6) is 0 Å². The van der Waals surface area contributed by atoms with Gasteiger partial charge in [-0.05, 0) is 20.8 Å². The largest absolute Gasteiger partial charge is 0.481 e. The summed E-state index contributed by atoms with van der Waals surface area (Å²) in [7, 11) is 0. The fourth-order valence-electron chi connectivity index (χ4n) is 2.57. The molecule has 0 saturated carbocycles. The molecule has 21 heavy (non-hydrogen) atoms. The van der Waals surface area contributed by atoms with E-state index in [1.54, 1.807) is 20.8 Å². The maximum absolute atomic E-state index is 12.4. The van der Waals surface area contributed by atoms with E-state index in [-0.39, 0.29) is 19.1 Å². The molecule has 2 aliphatic rings. The second-order valence-corrected chi connectivity index (χ2v) is 6.21. The number of ether oxygens (including phenoxy) is 1. The van der Waals surface area contributed by atoms with E-state index in [2.05, 4.69) is 10.6 Å². The minimum absolute atomic E-state index is 0.0527. The lowest BCUT2D eigenvalue weighted by molar-refractivity contribution is -0.148. The number of amides is 3. The van der Waals surface area contributed by atoms with Gasteiger partial charge in [-0.2, -0.15) is 0 Å². The van der Waals surface area contributed by atoms with Crippen molar-refractivity contribution < 1.29 is 24.2 Å². The second kappa shape index (κ2) is 5.18. The Hall–Kier alpha value is -1.83. The number of piperazine rings is 1. The van der Waals surface area contributed by atoms with Crippen LogP contribution in [0.1, 0.15) is 20.8 Å². The van der Waals surface area contributed by atoms with Gasteiger partial charge in [0.25, 0.3) is 0 Å². The van der Waals surface area contributed by atoms with Gasteiger partial charge in [0.1, 0.15) is 11.0 Å². The lowest BCUT2D eigenvalue weighted by atomic mass is 9.85. The Balaban J connectivity index is 2.11. The molecule has 8 nitrogen and oxygen atoms in total. The highest BCUT2D eigenvalue weighted by atomic mass is 16.5. The molecule has 2 fully saturated rings. The van der Waals surface area contributed by atoms with Gasteiger partial charge < -0.3 is 25.4 Å². The Labute approximate surface area is 122 Å². The van der Waals surface area contributed by atoms with Gasteiger partial charge in [-0.3, -0.25) is 9.59 Å². The summed E-state index contributed by atoms with van der Waals surface area (Å²) in [6, 6.07) is -1.07. The molecule has 0 spiro atoms. The highest BCUT2D eigenvalue weighted by molar-refractivity contribution is 5.91. The standard InChI is InChI=1S/C13H21N3O5/c1-12(2)9(17)14-4-5-16(12)11(20)15-8-6-21-7-13(8,3)10(18)19/h8H,4-7H2,1-3H3,(H,14,17)(H,15,20)(H,18,19). The van der Waals surface area contributed by atoms with Crippen LogP contribution in [-0.2, 0) is 14.3 Å². The Kier molecular flexibility index (Phi) is 3.83. The van der Waals surface area contributed by atoms with Gasteiger partial charge in [0.05, 0.1) is 19.3 Å². The summed E-state index contributed by atoms with van der Waals surface area (Å²) in [5, 5.41) is 14.7. The van der Waals surface area contributed by atoms with Crippen molar-refractivity contribution in [1.82, 2.24) is 15.5 Å². The summed E-state index contributed by atoms with van der Waals surface area (Å²) in [4.78, 5) is 37.0. The van der Waals surface area contributed by atoms with Crippen molar-refractivity contribution in [2.45, 2.75) is 32.4 Å². The summed E-state index contributed by atoms with van der Waals surface area (Å²) < 4.78 is 5.20. The van der Waals surface area contributed by atoms with E-state index in [1.807, 2.05) is 0 Å². The van der Waals surface area contributed by atoms with Crippen molar-refractivity contribution >= 4 is 17.9 Å². The van der Waals surface area contributed by atoms with Crippen LogP contribution >= 0.6 is 0 Å². The normalized spacial score (nSPS) is 31.7. The summed E-state index contributed by atoms with van der Waals surface area (Å²) in [5.41, 5.74) is -2.13. The number of rotatable bonds is 2. The quantitative estimate of drug-likeness (QED) is 0.631. The first-order valence-corrected chi connectivity index (χ1v) is 6.87. The van der Waals surface area contributed by atoms with Gasteiger partial charge in [0.15, 0.2) is 0 Å². The smallest absolute Gasteiger partial charge is 0.318 e. The summed E-state index contributed by atoms with van der Waals surface area (Å²) in [5.74, 6) is -1.24. The van der Waals surface area contributed by atoms with Crippen LogP contribution in [0.4, 0.5) is 4.79 Å². The Morgan fingerprint density at radius 1 is 1.43 bits per heavy atom. The molecule has 2 unspecified atom stereocenters. The number of nitrogens with zero attached hydrogens (tertiary/aromatic N) is 1. The van der Waals surface area contributed by atoms with Gasteiger partial charge in [-0.15, -0.1) is 0 Å². The van der Waals surface area contributed by atoms with Crippen LogP contribution in [0.2, 0.25) is 0 Å².